The molecule has 6 nitrogen and oxygen atoms in total. The summed E-state index contributed by atoms with van der Waals surface area (Å²) in [6.07, 6.45) is 6.35. The Balaban J connectivity index is 1.50. The Hall–Kier alpha value is -2.63. The van der Waals surface area contributed by atoms with Gasteiger partial charge >= 0.3 is 0 Å². The lowest BCUT2D eigenvalue weighted by molar-refractivity contribution is 0.0682. The number of piperidine rings is 1. The van der Waals surface area contributed by atoms with Crippen LogP contribution in [0.2, 0.25) is 0 Å². The van der Waals surface area contributed by atoms with E-state index < -0.39 is 0 Å². The highest BCUT2D eigenvalue weighted by molar-refractivity contribution is 5.93. The van der Waals surface area contributed by atoms with Crippen molar-refractivity contribution in [2.24, 2.45) is 5.92 Å². The Bertz CT molecular complexity index is 716. The molecule has 0 saturated carbocycles. The van der Waals surface area contributed by atoms with Crippen LogP contribution in [-0.4, -0.2) is 47.5 Å². The fourth-order valence-corrected chi connectivity index (χ4v) is 3.20. The average Bonchev–Trinajstić information content (AvgIpc) is 2.68. The number of amides is 1. The molecule has 1 amide bonds. The molecule has 1 aliphatic rings. The van der Waals surface area contributed by atoms with Crippen molar-refractivity contribution in [2.45, 2.75) is 26.2 Å². The molecule has 138 valence electrons. The third kappa shape index (κ3) is 4.71. The van der Waals surface area contributed by atoms with Crippen molar-refractivity contribution >= 4 is 11.9 Å². The second-order valence-corrected chi connectivity index (χ2v) is 6.82. The lowest BCUT2D eigenvalue weighted by Gasteiger charge is -2.30. The van der Waals surface area contributed by atoms with E-state index in [0.717, 1.165) is 38.2 Å². The lowest BCUT2D eigenvalue weighted by Crippen LogP contribution is -2.39. The molecule has 1 atom stereocenters. The fourth-order valence-electron chi connectivity index (χ4n) is 3.20. The number of carbonyl (C=O) groups excluding carboxylic acids is 1. The highest BCUT2D eigenvalue weighted by Crippen LogP contribution is 2.17. The minimum Gasteiger partial charge on any atom is -0.497 e. The topological polar surface area (TPSA) is 67.3 Å². The van der Waals surface area contributed by atoms with Crippen molar-refractivity contribution in [3.05, 3.63) is 47.8 Å². The van der Waals surface area contributed by atoms with Gasteiger partial charge in [-0.05, 0) is 42.9 Å². The molecule has 3 rings (SSSR count). The molecule has 2 heterocycles. The Morgan fingerprint density at radius 3 is 2.65 bits per heavy atom. The molecule has 1 N–H and O–H groups in total. The number of hydrogen-bond donors (Lipinski definition) is 1. The molecule has 1 fully saturated rings. The molecule has 1 aliphatic heterocycles. The monoisotopic (exact) mass is 354 g/mol. The maximum atomic E-state index is 12.5. The first kappa shape index (κ1) is 18.2. The smallest absolute Gasteiger partial charge is 0.257 e. The van der Waals surface area contributed by atoms with Gasteiger partial charge in [0.25, 0.3) is 5.91 Å². The van der Waals surface area contributed by atoms with E-state index in [-0.39, 0.29) is 5.91 Å². The third-order valence-corrected chi connectivity index (χ3v) is 4.70. The quantitative estimate of drug-likeness (QED) is 0.864. The lowest BCUT2D eigenvalue weighted by atomic mass is 10.00. The standard InChI is InChI=1S/C20H26N4O2/c1-15-4-3-11-24(14-15)19(25)17-12-22-20(23-13-17)21-10-9-16-5-7-18(26-2)8-6-16/h5-8,12-13,15H,3-4,9-11,14H2,1-2H3,(H,21,22,23). The Kier molecular flexibility index (Phi) is 6.04. The normalized spacial score (nSPS) is 17.0. The summed E-state index contributed by atoms with van der Waals surface area (Å²) in [6.45, 7) is 4.56. The van der Waals surface area contributed by atoms with Crippen molar-refractivity contribution in [1.82, 2.24) is 14.9 Å². The maximum Gasteiger partial charge on any atom is 0.257 e. The average molecular weight is 354 g/mol. The molecular weight excluding hydrogens is 328 g/mol. The van der Waals surface area contributed by atoms with Gasteiger partial charge in [-0.3, -0.25) is 4.79 Å². The van der Waals surface area contributed by atoms with Crippen molar-refractivity contribution in [1.29, 1.82) is 0 Å². The summed E-state index contributed by atoms with van der Waals surface area (Å²) in [5.74, 6) is 1.99. The number of benzene rings is 1. The van der Waals surface area contributed by atoms with Crippen LogP contribution in [0.5, 0.6) is 5.75 Å². The molecule has 2 aromatic rings. The number of anilines is 1. The van der Waals surface area contributed by atoms with Crippen LogP contribution in [0.4, 0.5) is 5.95 Å². The van der Waals surface area contributed by atoms with Gasteiger partial charge in [-0.2, -0.15) is 0 Å². The number of likely N-dealkylation sites (tertiary alicyclic amines) is 1. The highest BCUT2D eigenvalue weighted by Gasteiger charge is 2.22. The molecule has 6 heteroatoms. The summed E-state index contributed by atoms with van der Waals surface area (Å²) in [7, 11) is 1.66. The molecule has 1 aromatic heterocycles. The SMILES string of the molecule is COc1ccc(CCNc2ncc(C(=O)N3CCCC(C)C3)cn2)cc1. The molecule has 1 unspecified atom stereocenters. The summed E-state index contributed by atoms with van der Waals surface area (Å²) in [4.78, 5) is 23.0. The molecule has 0 radical (unpaired) electrons. The van der Waals surface area contributed by atoms with Crippen LogP contribution >= 0.6 is 0 Å². The first-order valence-electron chi connectivity index (χ1n) is 9.14. The zero-order valence-corrected chi connectivity index (χ0v) is 15.4. The number of aromatic nitrogens is 2. The number of nitrogens with one attached hydrogen (secondary N) is 1. The van der Waals surface area contributed by atoms with Crippen molar-refractivity contribution < 1.29 is 9.53 Å². The number of hydrogen-bond acceptors (Lipinski definition) is 5. The summed E-state index contributed by atoms with van der Waals surface area (Å²) in [6, 6.07) is 7.99. The van der Waals surface area contributed by atoms with Gasteiger partial charge in [0.05, 0.1) is 12.7 Å². The van der Waals surface area contributed by atoms with Crippen molar-refractivity contribution in [3.8, 4) is 5.75 Å². The number of ether oxygens (including phenoxy) is 1. The van der Waals surface area contributed by atoms with Crippen molar-refractivity contribution in [2.75, 3.05) is 32.1 Å². The van der Waals surface area contributed by atoms with E-state index in [0.29, 0.717) is 17.4 Å². The second-order valence-electron chi connectivity index (χ2n) is 6.82. The predicted molar refractivity (Wildman–Crippen MR) is 102 cm³/mol. The molecule has 0 spiro atoms. The number of rotatable bonds is 6. The van der Waals surface area contributed by atoms with Gasteiger partial charge in [0.15, 0.2) is 0 Å². The minimum absolute atomic E-state index is 0.0290. The Labute approximate surface area is 154 Å². The van der Waals surface area contributed by atoms with E-state index in [2.05, 4.69) is 22.2 Å². The van der Waals surface area contributed by atoms with Gasteiger partial charge in [0.1, 0.15) is 5.75 Å². The highest BCUT2D eigenvalue weighted by atomic mass is 16.5. The Morgan fingerprint density at radius 1 is 1.27 bits per heavy atom. The van der Waals surface area contributed by atoms with Gasteiger partial charge in [-0.15, -0.1) is 0 Å². The van der Waals surface area contributed by atoms with E-state index >= 15 is 0 Å². The van der Waals surface area contributed by atoms with Gasteiger partial charge in [0.2, 0.25) is 5.95 Å². The number of carbonyl (C=O) groups is 1. The van der Waals surface area contributed by atoms with Crippen LogP contribution in [0.15, 0.2) is 36.7 Å². The van der Waals surface area contributed by atoms with Crippen molar-refractivity contribution in [3.63, 3.8) is 0 Å². The van der Waals surface area contributed by atoms with Crippen LogP contribution in [0.25, 0.3) is 0 Å². The summed E-state index contributed by atoms with van der Waals surface area (Å²) in [5, 5.41) is 3.20. The van der Waals surface area contributed by atoms with Crippen LogP contribution in [0.3, 0.4) is 0 Å². The summed E-state index contributed by atoms with van der Waals surface area (Å²) >= 11 is 0. The zero-order valence-electron chi connectivity index (χ0n) is 15.4. The minimum atomic E-state index is 0.0290. The fraction of sp³-hybridized carbons (Fsp3) is 0.450. The molecule has 0 aliphatic carbocycles. The van der Waals surface area contributed by atoms with Crippen LogP contribution in [0, 0.1) is 5.92 Å². The molecule has 1 saturated heterocycles. The first-order valence-corrected chi connectivity index (χ1v) is 9.14. The van der Waals surface area contributed by atoms with Gasteiger partial charge in [-0.1, -0.05) is 19.1 Å². The molecule has 0 bridgehead atoms. The van der Waals surface area contributed by atoms with E-state index in [9.17, 15) is 4.79 Å². The predicted octanol–water partition coefficient (Wildman–Crippen LogP) is 3.01. The number of methoxy groups -OCH3 is 1. The zero-order chi connectivity index (χ0) is 18.4. The number of nitrogens with zero attached hydrogens (tertiary/aromatic N) is 3. The van der Waals surface area contributed by atoms with Gasteiger partial charge < -0.3 is 15.0 Å². The van der Waals surface area contributed by atoms with Gasteiger partial charge in [-0.25, -0.2) is 9.97 Å². The maximum absolute atomic E-state index is 12.5. The van der Waals surface area contributed by atoms with Crippen LogP contribution in [0.1, 0.15) is 35.7 Å². The van der Waals surface area contributed by atoms with Crippen LogP contribution in [-0.2, 0) is 6.42 Å². The van der Waals surface area contributed by atoms with E-state index in [1.54, 1.807) is 19.5 Å². The third-order valence-electron chi connectivity index (χ3n) is 4.70. The van der Waals surface area contributed by atoms with Gasteiger partial charge in [0, 0.05) is 32.0 Å². The van der Waals surface area contributed by atoms with Crippen LogP contribution < -0.4 is 10.1 Å². The molecular formula is C20H26N4O2. The molecule has 26 heavy (non-hydrogen) atoms. The second kappa shape index (κ2) is 8.65. The first-order chi connectivity index (χ1) is 12.7. The largest absolute Gasteiger partial charge is 0.497 e. The van der Waals surface area contributed by atoms with E-state index in [4.69, 9.17) is 4.74 Å². The van der Waals surface area contributed by atoms with E-state index in [1.165, 1.54) is 12.0 Å². The Morgan fingerprint density at radius 2 is 2.00 bits per heavy atom. The van der Waals surface area contributed by atoms with E-state index in [1.807, 2.05) is 29.2 Å². The molecule has 1 aromatic carbocycles. The summed E-state index contributed by atoms with van der Waals surface area (Å²) in [5.41, 5.74) is 1.77. The summed E-state index contributed by atoms with van der Waals surface area (Å²) < 4.78 is 5.16.